The van der Waals surface area contributed by atoms with Crippen LogP contribution in [0.25, 0.3) is 0 Å². The van der Waals surface area contributed by atoms with Gasteiger partial charge in [0.2, 0.25) is 0 Å². The predicted molar refractivity (Wildman–Crippen MR) is 105 cm³/mol. The molecule has 2 aliphatic rings. The largest absolute Gasteiger partial charge is 0.495 e. The van der Waals surface area contributed by atoms with Gasteiger partial charge in [0, 0.05) is 6.04 Å². The summed E-state index contributed by atoms with van der Waals surface area (Å²) in [6.07, 6.45) is 7.44. The predicted octanol–water partition coefficient (Wildman–Crippen LogP) is 1.63. The van der Waals surface area contributed by atoms with Gasteiger partial charge >= 0.3 is 0 Å². The Morgan fingerprint density at radius 2 is 1.81 bits per heavy atom. The summed E-state index contributed by atoms with van der Waals surface area (Å²) in [7, 11) is 1.72. The van der Waals surface area contributed by atoms with Gasteiger partial charge in [-0.1, -0.05) is 37.8 Å². The molecule has 1 aliphatic carbocycles. The van der Waals surface area contributed by atoms with Crippen molar-refractivity contribution in [1.82, 2.24) is 5.32 Å². The van der Waals surface area contributed by atoms with Crippen LogP contribution < -0.4 is 19.9 Å². The number of quaternary nitrogens is 1. The summed E-state index contributed by atoms with van der Waals surface area (Å²) in [5.74, 6) is 1.16. The lowest BCUT2D eigenvalue weighted by Gasteiger charge is -2.36. The lowest BCUT2D eigenvalue weighted by Crippen LogP contribution is -3.19. The number of nitrogens with one attached hydrogen (secondary N) is 2. The Morgan fingerprint density at radius 1 is 1.15 bits per heavy atom. The maximum absolute atomic E-state index is 12.7. The molecule has 26 heavy (non-hydrogen) atoms. The van der Waals surface area contributed by atoms with Crippen molar-refractivity contribution in [3.63, 3.8) is 0 Å². The number of benzene rings is 1. The third-order valence-corrected chi connectivity index (χ3v) is 6.04. The molecule has 1 aromatic rings. The van der Waals surface area contributed by atoms with Gasteiger partial charge in [-0.3, -0.25) is 4.79 Å². The molecule has 1 heterocycles. The van der Waals surface area contributed by atoms with Crippen molar-refractivity contribution in [3.05, 3.63) is 24.3 Å². The van der Waals surface area contributed by atoms with Gasteiger partial charge in [0.15, 0.2) is 6.04 Å². The molecule has 5 nitrogen and oxygen atoms in total. The molecule has 0 spiro atoms. The Kier molecular flexibility index (Phi) is 6.78. The number of methoxy groups -OCH3 is 1. The van der Waals surface area contributed by atoms with Gasteiger partial charge in [-0.25, -0.2) is 0 Å². The molecule has 1 amide bonds. The number of carbonyl (C=O) groups excluding carboxylic acids is 1. The first-order chi connectivity index (χ1) is 12.7. The van der Waals surface area contributed by atoms with Crippen molar-refractivity contribution < 1.29 is 14.4 Å². The molecule has 3 rings (SSSR count). The fraction of sp³-hybridized carbons (Fsp3) is 0.667. The highest BCUT2D eigenvalue weighted by Gasteiger charge is 2.31. The Hall–Kier alpha value is -1.75. The van der Waals surface area contributed by atoms with E-state index in [9.17, 15) is 4.79 Å². The summed E-state index contributed by atoms with van der Waals surface area (Å²) < 4.78 is 5.49. The van der Waals surface area contributed by atoms with E-state index in [2.05, 4.69) is 29.3 Å². The topological polar surface area (TPSA) is 46.0 Å². The van der Waals surface area contributed by atoms with Crippen LogP contribution in [0.4, 0.5) is 5.69 Å². The zero-order chi connectivity index (χ0) is 18.4. The van der Waals surface area contributed by atoms with Crippen molar-refractivity contribution in [2.45, 2.75) is 57.5 Å². The summed E-state index contributed by atoms with van der Waals surface area (Å²) in [4.78, 5) is 16.5. The van der Waals surface area contributed by atoms with Gasteiger partial charge in [0.1, 0.15) is 5.75 Å². The first-order valence-electron chi connectivity index (χ1n) is 10.2. The van der Waals surface area contributed by atoms with Crippen LogP contribution >= 0.6 is 0 Å². The molecule has 0 radical (unpaired) electrons. The lowest BCUT2D eigenvalue weighted by atomic mass is 10.1. The Labute approximate surface area is 157 Å². The minimum Gasteiger partial charge on any atom is -0.495 e. The molecule has 2 N–H and O–H groups in total. The van der Waals surface area contributed by atoms with Crippen LogP contribution in [0.1, 0.15) is 45.4 Å². The number of ether oxygens (including phenoxy) is 1. The van der Waals surface area contributed by atoms with Gasteiger partial charge in [0.25, 0.3) is 5.91 Å². The molecule has 1 atom stereocenters. The van der Waals surface area contributed by atoms with Crippen molar-refractivity contribution in [3.8, 4) is 5.75 Å². The number of carbonyl (C=O) groups is 1. The van der Waals surface area contributed by atoms with E-state index in [0.717, 1.165) is 50.5 Å². The molecule has 5 heteroatoms. The molecule has 0 aromatic heterocycles. The molecule has 2 fully saturated rings. The minimum atomic E-state index is 0.0260. The lowest BCUT2D eigenvalue weighted by molar-refractivity contribution is -0.914. The van der Waals surface area contributed by atoms with E-state index in [1.165, 1.54) is 30.6 Å². The zero-order valence-corrected chi connectivity index (χ0v) is 16.3. The van der Waals surface area contributed by atoms with E-state index >= 15 is 0 Å². The fourth-order valence-corrected chi connectivity index (χ4v) is 4.29. The first kappa shape index (κ1) is 19.0. The number of piperazine rings is 1. The Balaban J connectivity index is 1.51. The highest BCUT2D eigenvalue weighted by Crippen LogP contribution is 2.27. The Bertz CT molecular complexity index is 576. The van der Waals surface area contributed by atoms with Crippen LogP contribution in [0.15, 0.2) is 24.3 Å². The fourth-order valence-electron chi connectivity index (χ4n) is 4.29. The van der Waals surface area contributed by atoms with E-state index in [1.807, 2.05) is 12.1 Å². The quantitative estimate of drug-likeness (QED) is 0.785. The second-order valence-electron chi connectivity index (χ2n) is 7.74. The third-order valence-electron chi connectivity index (χ3n) is 6.04. The number of amides is 1. The van der Waals surface area contributed by atoms with Crippen LogP contribution in [-0.2, 0) is 4.79 Å². The molecule has 0 unspecified atom stereocenters. The SMILES string of the molecule is COc1ccccc1N1CC[NH+]([C@H](C)C(=O)NC2CCCCCC2)CC1. The Morgan fingerprint density at radius 3 is 2.46 bits per heavy atom. The second-order valence-corrected chi connectivity index (χ2v) is 7.74. The van der Waals surface area contributed by atoms with Crippen LogP contribution in [0.3, 0.4) is 0 Å². The van der Waals surface area contributed by atoms with Crippen molar-refractivity contribution in [2.24, 2.45) is 0 Å². The van der Waals surface area contributed by atoms with Crippen LogP contribution in [-0.4, -0.2) is 51.3 Å². The molecule has 1 aromatic carbocycles. The molecule has 1 aliphatic heterocycles. The van der Waals surface area contributed by atoms with Gasteiger partial charge < -0.3 is 19.9 Å². The molecule has 0 bridgehead atoms. The number of nitrogens with zero attached hydrogens (tertiary/aromatic N) is 1. The van der Waals surface area contributed by atoms with E-state index in [1.54, 1.807) is 7.11 Å². The monoisotopic (exact) mass is 360 g/mol. The summed E-state index contributed by atoms with van der Waals surface area (Å²) in [6.45, 7) is 5.96. The highest BCUT2D eigenvalue weighted by atomic mass is 16.5. The van der Waals surface area contributed by atoms with Crippen molar-refractivity contribution in [1.29, 1.82) is 0 Å². The van der Waals surface area contributed by atoms with Crippen LogP contribution in [0.2, 0.25) is 0 Å². The summed E-state index contributed by atoms with van der Waals surface area (Å²) >= 11 is 0. The van der Waals surface area contributed by atoms with Gasteiger partial charge in [-0.05, 0) is 31.9 Å². The van der Waals surface area contributed by atoms with Gasteiger partial charge in [0.05, 0.1) is 39.0 Å². The second kappa shape index (κ2) is 9.26. The minimum absolute atomic E-state index is 0.0260. The number of para-hydroxylation sites is 2. The average molecular weight is 361 g/mol. The molecular weight excluding hydrogens is 326 g/mol. The number of rotatable bonds is 5. The smallest absolute Gasteiger partial charge is 0.278 e. The van der Waals surface area contributed by atoms with E-state index in [-0.39, 0.29) is 11.9 Å². The van der Waals surface area contributed by atoms with E-state index in [4.69, 9.17) is 4.74 Å². The van der Waals surface area contributed by atoms with E-state index < -0.39 is 0 Å². The molecule has 1 saturated heterocycles. The normalized spacial score (nSPS) is 21.1. The zero-order valence-electron chi connectivity index (χ0n) is 16.3. The van der Waals surface area contributed by atoms with Gasteiger partial charge in [-0.2, -0.15) is 0 Å². The van der Waals surface area contributed by atoms with Gasteiger partial charge in [-0.15, -0.1) is 0 Å². The summed E-state index contributed by atoms with van der Waals surface area (Å²) in [6, 6.07) is 8.60. The summed E-state index contributed by atoms with van der Waals surface area (Å²) in [5.41, 5.74) is 1.16. The first-order valence-corrected chi connectivity index (χ1v) is 10.2. The average Bonchev–Trinajstić information content (AvgIpc) is 2.96. The number of hydrogen-bond acceptors (Lipinski definition) is 3. The van der Waals surface area contributed by atoms with Crippen LogP contribution in [0.5, 0.6) is 5.75 Å². The molecular formula is C21H34N3O2+. The number of hydrogen-bond donors (Lipinski definition) is 2. The maximum atomic E-state index is 12.7. The van der Waals surface area contributed by atoms with Crippen molar-refractivity contribution in [2.75, 3.05) is 38.2 Å². The van der Waals surface area contributed by atoms with Crippen molar-refractivity contribution >= 4 is 11.6 Å². The standard InChI is InChI=1S/C21H33N3O2/c1-17(21(25)22-18-9-5-3-4-6-10-18)23-13-15-24(16-14-23)19-11-7-8-12-20(19)26-2/h7-8,11-12,17-18H,3-6,9-10,13-16H2,1-2H3,(H,22,25)/p+1/t17-/m1/s1. The molecule has 1 saturated carbocycles. The third kappa shape index (κ3) is 4.70. The van der Waals surface area contributed by atoms with E-state index in [0.29, 0.717) is 6.04 Å². The summed E-state index contributed by atoms with van der Waals surface area (Å²) in [5, 5.41) is 3.32. The molecule has 144 valence electrons. The highest BCUT2D eigenvalue weighted by molar-refractivity contribution is 5.80. The number of anilines is 1. The van der Waals surface area contributed by atoms with Crippen LogP contribution in [0, 0.1) is 0 Å². The maximum Gasteiger partial charge on any atom is 0.278 e.